The zero-order valence-electron chi connectivity index (χ0n) is 11.1. The maximum atomic E-state index is 9.86. The summed E-state index contributed by atoms with van der Waals surface area (Å²) >= 11 is 0. The summed E-state index contributed by atoms with van der Waals surface area (Å²) < 4.78 is 10.2. The van der Waals surface area contributed by atoms with E-state index in [1.807, 2.05) is 0 Å². The lowest BCUT2D eigenvalue weighted by Crippen LogP contribution is -2.54. The third-order valence-electron chi connectivity index (χ3n) is 3.41. The molecule has 9 heteroatoms. The molecule has 1 fully saturated rings. The van der Waals surface area contributed by atoms with Crippen molar-refractivity contribution in [3.05, 3.63) is 0 Å². The van der Waals surface area contributed by atoms with Gasteiger partial charge >= 0.3 is 0 Å². The molecule has 0 amide bonds. The van der Waals surface area contributed by atoms with Crippen LogP contribution in [0.5, 0.6) is 0 Å². The van der Waals surface area contributed by atoms with Gasteiger partial charge in [0, 0.05) is 0 Å². The predicted molar refractivity (Wildman–Crippen MR) is 63.5 cm³/mol. The van der Waals surface area contributed by atoms with Gasteiger partial charge in [-0.05, 0) is 6.92 Å². The summed E-state index contributed by atoms with van der Waals surface area (Å²) in [7, 11) is 0. The molecule has 0 aromatic carbocycles. The summed E-state index contributed by atoms with van der Waals surface area (Å²) in [6.07, 6.45) is -5.77. The van der Waals surface area contributed by atoms with E-state index in [0.29, 0.717) is 0 Å². The highest BCUT2D eigenvalue weighted by Gasteiger charge is 2.55. The second-order valence-electron chi connectivity index (χ2n) is 5.09. The number of aliphatic hydroxyl groups excluding tert-OH is 6. The van der Waals surface area contributed by atoms with Crippen LogP contribution in [-0.2, 0) is 9.47 Å². The predicted octanol–water partition coefficient (Wildman–Crippen LogP) is -4.09. The molecule has 6 atom stereocenters. The van der Waals surface area contributed by atoms with Crippen molar-refractivity contribution in [2.24, 2.45) is 0 Å². The average Bonchev–Trinajstić information content (AvgIpc) is 2.69. The first-order chi connectivity index (χ1) is 9.24. The molecule has 0 bridgehead atoms. The van der Waals surface area contributed by atoms with Gasteiger partial charge in [0.2, 0.25) is 5.79 Å². The van der Waals surface area contributed by atoms with Crippen LogP contribution in [0, 0.1) is 0 Å². The van der Waals surface area contributed by atoms with Crippen LogP contribution in [0.3, 0.4) is 0 Å². The third-order valence-corrected chi connectivity index (χ3v) is 3.41. The fourth-order valence-electron chi connectivity index (χ4n) is 1.86. The van der Waals surface area contributed by atoms with E-state index in [4.69, 9.17) is 19.7 Å². The zero-order chi connectivity index (χ0) is 15.6. The van der Waals surface area contributed by atoms with Gasteiger partial charge < -0.3 is 45.2 Å². The van der Waals surface area contributed by atoms with E-state index in [1.54, 1.807) is 0 Å². The van der Waals surface area contributed by atoms with Crippen LogP contribution in [0.4, 0.5) is 0 Å². The van der Waals surface area contributed by atoms with Gasteiger partial charge in [-0.3, -0.25) is 0 Å². The smallest absolute Gasteiger partial charge is 0.221 e. The maximum absolute atomic E-state index is 9.86. The molecule has 1 aliphatic rings. The molecule has 6 unspecified atom stereocenters. The zero-order valence-corrected chi connectivity index (χ0v) is 11.1. The first-order valence-corrected chi connectivity index (χ1v) is 6.15. The molecule has 20 heavy (non-hydrogen) atoms. The van der Waals surface area contributed by atoms with Crippen molar-refractivity contribution in [2.45, 2.75) is 42.7 Å². The van der Waals surface area contributed by atoms with E-state index in [0.717, 1.165) is 0 Å². The lowest BCUT2D eigenvalue weighted by Gasteiger charge is -2.35. The highest BCUT2D eigenvalue weighted by molar-refractivity contribution is 4.97. The maximum Gasteiger partial charge on any atom is 0.221 e. The van der Waals surface area contributed by atoms with Gasteiger partial charge in [0.25, 0.3) is 0 Å². The Morgan fingerprint density at radius 3 is 2.30 bits per heavy atom. The fourth-order valence-corrected chi connectivity index (χ4v) is 1.86. The molecule has 1 rings (SSSR count). The van der Waals surface area contributed by atoms with Gasteiger partial charge in [-0.15, -0.1) is 0 Å². The van der Waals surface area contributed by atoms with E-state index in [1.165, 1.54) is 6.92 Å². The fraction of sp³-hybridized carbons (Fsp3) is 1.00. The van der Waals surface area contributed by atoms with Crippen LogP contribution in [0.2, 0.25) is 0 Å². The van der Waals surface area contributed by atoms with Crippen LogP contribution < -0.4 is 0 Å². The van der Waals surface area contributed by atoms with Gasteiger partial charge in [0.05, 0.1) is 19.8 Å². The second kappa shape index (κ2) is 6.60. The molecular formula is C11H22O9. The number of rotatable bonds is 7. The Labute approximate surface area is 115 Å². The number of ether oxygens (including phenoxy) is 2. The molecule has 0 saturated carbocycles. The van der Waals surface area contributed by atoms with Gasteiger partial charge in [-0.25, -0.2) is 0 Å². The first-order valence-electron chi connectivity index (χ1n) is 6.15. The van der Waals surface area contributed by atoms with Crippen LogP contribution in [0.15, 0.2) is 0 Å². The van der Waals surface area contributed by atoms with Crippen LogP contribution >= 0.6 is 0 Å². The Morgan fingerprint density at radius 2 is 1.90 bits per heavy atom. The Hall–Kier alpha value is -0.360. The number of aliphatic hydroxyl groups is 7. The van der Waals surface area contributed by atoms with Gasteiger partial charge in [0.1, 0.15) is 36.6 Å². The molecule has 0 aliphatic carbocycles. The van der Waals surface area contributed by atoms with Crippen LogP contribution in [0.25, 0.3) is 0 Å². The lowest BCUT2D eigenvalue weighted by molar-refractivity contribution is -0.295. The van der Waals surface area contributed by atoms with E-state index >= 15 is 0 Å². The minimum absolute atomic E-state index is 0.586. The average molecular weight is 298 g/mol. The summed E-state index contributed by atoms with van der Waals surface area (Å²) in [6, 6.07) is 0. The Bertz CT molecular complexity index is 310. The Balaban J connectivity index is 2.77. The van der Waals surface area contributed by atoms with Crippen molar-refractivity contribution in [3.8, 4) is 0 Å². The van der Waals surface area contributed by atoms with Crippen molar-refractivity contribution >= 4 is 0 Å². The van der Waals surface area contributed by atoms with Crippen molar-refractivity contribution < 1.29 is 45.2 Å². The van der Waals surface area contributed by atoms with Crippen molar-refractivity contribution in [3.63, 3.8) is 0 Å². The van der Waals surface area contributed by atoms with Crippen molar-refractivity contribution in [1.29, 1.82) is 0 Å². The molecule has 0 aromatic rings. The second-order valence-corrected chi connectivity index (χ2v) is 5.09. The highest BCUT2D eigenvalue weighted by Crippen LogP contribution is 2.33. The van der Waals surface area contributed by atoms with Gasteiger partial charge in [0.15, 0.2) is 0 Å². The van der Waals surface area contributed by atoms with Crippen LogP contribution in [-0.4, -0.2) is 98.0 Å². The molecule has 1 aliphatic heterocycles. The third kappa shape index (κ3) is 3.27. The highest BCUT2D eigenvalue weighted by atomic mass is 16.7. The minimum Gasteiger partial charge on any atom is -0.394 e. The van der Waals surface area contributed by atoms with Gasteiger partial charge in [-0.2, -0.15) is 0 Å². The monoisotopic (exact) mass is 298 g/mol. The molecule has 1 heterocycles. The molecule has 9 nitrogen and oxygen atoms in total. The summed E-state index contributed by atoms with van der Waals surface area (Å²) in [6.45, 7) is -1.56. The van der Waals surface area contributed by atoms with Crippen molar-refractivity contribution in [1.82, 2.24) is 0 Å². The van der Waals surface area contributed by atoms with Crippen LogP contribution in [0.1, 0.15) is 6.92 Å². The number of hydrogen-bond donors (Lipinski definition) is 7. The molecular weight excluding hydrogens is 276 g/mol. The number of hydrogen-bond acceptors (Lipinski definition) is 9. The molecule has 7 N–H and O–H groups in total. The van der Waals surface area contributed by atoms with E-state index in [-0.39, 0.29) is 0 Å². The Morgan fingerprint density at radius 1 is 1.30 bits per heavy atom. The molecule has 1 saturated heterocycles. The minimum atomic E-state index is -2.02. The van der Waals surface area contributed by atoms with E-state index in [2.05, 4.69) is 0 Å². The normalized spacial score (nSPS) is 38.7. The molecule has 0 radical (unpaired) electrons. The van der Waals surface area contributed by atoms with E-state index in [9.17, 15) is 25.5 Å². The standard InChI is InChI=1S/C11H22O9/c1-10(18,7(15)3-13)5-19-11(4-14)9(17)8(16)6(2-12)20-11/h6-9,12-18H,2-5H2,1H3. The molecule has 120 valence electrons. The Kier molecular flexibility index (Phi) is 5.84. The topological polar surface area (TPSA) is 160 Å². The largest absolute Gasteiger partial charge is 0.394 e. The molecule has 0 spiro atoms. The van der Waals surface area contributed by atoms with Gasteiger partial charge in [-0.1, -0.05) is 0 Å². The quantitative estimate of drug-likeness (QED) is 0.248. The first kappa shape index (κ1) is 17.7. The van der Waals surface area contributed by atoms with E-state index < -0.39 is 62.2 Å². The summed E-state index contributed by atoms with van der Waals surface area (Å²) in [5.41, 5.74) is -1.86. The lowest BCUT2D eigenvalue weighted by atomic mass is 10.0. The van der Waals surface area contributed by atoms with Crippen molar-refractivity contribution in [2.75, 3.05) is 26.4 Å². The SMILES string of the molecule is CC(O)(COC1(CO)OC(CO)C(O)C1O)C(O)CO. The summed E-state index contributed by atoms with van der Waals surface area (Å²) in [4.78, 5) is 0. The molecule has 0 aromatic heterocycles. The summed E-state index contributed by atoms with van der Waals surface area (Å²) in [5, 5.41) is 65.8. The summed E-state index contributed by atoms with van der Waals surface area (Å²) in [5.74, 6) is -2.02.